The number of amides is 1. The highest BCUT2D eigenvalue weighted by Gasteiger charge is 2.37. The fraction of sp³-hybridized carbons (Fsp3) is 0.583. The fourth-order valence-corrected chi connectivity index (χ4v) is 5.59. The van der Waals surface area contributed by atoms with Gasteiger partial charge in [-0.3, -0.25) is 14.3 Å². The normalized spacial score (nSPS) is 20.1. The van der Waals surface area contributed by atoms with Gasteiger partial charge in [-0.05, 0) is 32.1 Å². The van der Waals surface area contributed by atoms with Crippen molar-refractivity contribution in [1.82, 2.24) is 19.9 Å². The zero-order valence-electron chi connectivity index (χ0n) is 21.3. The number of nitrogens with zero attached hydrogens (tertiary/aromatic N) is 4. The molecule has 2 aromatic heterocycles. The van der Waals surface area contributed by atoms with E-state index in [0.717, 1.165) is 6.26 Å². The molecular weight excluding hydrogens is 527 g/mol. The molecule has 3 rings (SSSR count). The first-order valence-electron chi connectivity index (χ1n) is 12.0. The van der Waals surface area contributed by atoms with Crippen molar-refractivity contribution in [2.45, 2.75) is 68.9 Å². The van der Waals surface area contributed by atoms with E-state index in [1.165, 1.54) is 23.9 Å². The van der Waals surface area contributed by atoms with Gasteiger partial charge in [0, 0.05) is 37.4 Å². The number of hydrogen-bond acceptors (Lipinski definition) is 8. The third-order valence-corrected chi connectivity index (χ3v) is 8.34. The van der Waals surface area contributed by atoms with Crippen molar-refractivity contribution >= 4 is 15.7 Å². The maximum atomic E-state index is 13.0. The Morgan fingerprint density at radius 2 is 2.03 bits per heavy atom. The zero-order chi connectivity index (χ0) is 28.3. The Kier molecular flexibility index (Phi) is 8.72. The van der Waals surface area contributed by atoms with Crippen LogP contribution in [-0.4, -0.2) is 70.9 Å². The number of sulfone groups is 1. The van der Waals surface area contributed by atoms with E-state index in [-0.39, 0.29) is 67.2 Å². The highest BCUT2D eigenvalue weighted by molar-refractivity contribution is 7.91. The third-order valence-electron chi connectivity index (χ3n) is 6.66. The molecule has 0 saturated heterocycles. The monoisotopic (exact) mass is 557 g/mol. The molecule has 0 bridgehead atoms. The van der Waals surface area contributed by atoms with Gasteiger partial charge in [0.25, 0.3) is 5.91 Å². The first-order chi connectivity index (χ1) is 17.7. The molecule has 0 unspecified atom stereocenters. The molecule has 1 aliphatic carbocycles. The average molecular weight is 558 g/mol. The van der Waals surface area contributed by atoms with Gasteiger partial charge in [0.05, 0.1) is 24.2 Å². The number of pyridine rings is 1. The number of carbonyl (C=O) groups is 1. The van der Waals surface area contributed by atoms with Crippen molar-refractivity contribution in [3.8, 4) is 17.5 Å². The van der Waals surface area contributed by atoms with E-state index < -0.39 is 39.2 Å². The van der Waals surface area contributed by atoms with E-state index >= 15 is 0 Å². The lowest BCUT2D eigenvalue weighted by Gasteiger charge is -2.35. The number of rotatable bonds is 9. The largest absolute Gasteiger partial charge is 0.494 e. The molecule has 2 heterocycles. The van der Waals surface area contributed by atoms with Crippen molar-refractivity contribution < 1.29 is 36.2 Å². The fourth-order valence-electron chi connectivity index (χ4n) is 4.50. The molecular formula is C24H30F3N5O5S. The summed E-state index contributed by atoms with van der Waals surface area (Å²) in [6.45, 7) is 1.60. The number of aliphatic hydroxyl groups is 1. The average Bonchev–Trinajstić information content (AvgIpc) is 3.23. The molecule has 208 valence electrons. The molecule has 0 radical (unpaired) electrons. The number of halogens is 3. The second-order valence-corrected chi connectivity index (χ2v) is 11.8. The number of nitriles is 1. The second kappa shape index (κ2) is 11.3. The molecule has 0 atom stereocenters. The lowest BCUT2D eigenvalue weighted by atomic mass is 9.84. The quantitative estimate of drug-likeness (QED) is 0.478. The molecule has 0 aliphatic heterocycles. The van der Waals surface area contributed by atoms with Crippen molar-refractivity contribution in [3.05, 3.63) is 35.2 Å². The van der Waals surface area contributed by atoms with Crippen molar-refractivity contribution in [2.75, 3.05) is 19.9 Å². The summed E-state index contributed by atoms with van der Waals surface area (Å²) in [5.41, 5.74) is -1.23. The molecule has 0 spiro atoms. The van der Waals surface area contributed by atoms with Crippen LogP contribution in [0.25, 0.3) is 5.69 Å². The summed E-state index contributed by atoms with van der Waals surface area (Å²) in [4.78, 5) is 21.4. The molecule has 1 aliphatic rings. The van der Waals surface area contributed by atoms with Gasteiger partial charge >= 0.3 is 6.18 Å². The van der Waals surface area contributed by atoms with E-state index in [2.05, 4.69) is 15.3 Å². The molecule has 14 heteroatoms. The standard InChI is InChI=1S/C24H30F3N5O5S/c1-4-20-31-21(22(33)30-14-23(34)8-6-16(7-9-23)38(3,35)36)17(12-28)32(20)18-13-29-15(11-19(18)37-2)5-10-24(25,26)27/h11,13,16,34H,4-10,14H2,1-3H3,(H,30,33)/t16-,23+. The van der Waals surface area contributed by atoms with Crippen molar-refractivity contribution in [1.29, 1.82) is 5.26 Å². The van der Waals surface area contributed by atoms with Gasteiger partial charge in [-0.1, -0.05) is 6.92 Å². The number of ether oxygens (including phenoxy) is 1. The molecule has 2 aromatic rings. The highest BCUT2D eigenvalue weighted by atomic mass is 32.2. The summed E-state index contributed by atoms with van der Waals surface area (Å²) < 4.78 is 68.2. The number of hydrogen-bond donors (Lipinski definition) is 2. The minimum Gasteiger partial charge on any atom is -0.494 e. The second-order valence-electron chi connectivity index (χ2n) is 9.42. The Labute approximate surface area is 218 Å². The van der Waals surface area contributed by atoms with Crippen LogP contribution < -0.4 is 10.1 Å². The van der Waals surface area contributed by atoms with Gasteiger partial charge in [0.2, 0.25) is 0 Å². The first kappa shape index (κ1) is 29.4. The SMILES string of the molecule is CCc1nc(C(=O)NC[C@]2(O)CC[C@@H](S(C)(=O)=O)CC2)c(C#N)n1-c1cnc(CCC(F)(F)F)cc1OC. The van der Waals surface area contributed by atoms with Gasteiger partial charge in [0.15, 0.2) is 11.4 Å². The Balaban J connectivity index is 1.85. The number of nitrogens with one attached hydrogen (secondary N) is 1. The smallest absolute Gasteiger partial charge is 0.389 e. The number of carbonyl (C=O) groups excluding carboxylic acids is 1. The van der Waals surface area contributed by atoms with Crippen molar-refractivity contribution in [2.24, 2.45) is 0 Å². The van der Waals surface area contributed by atoms with E-state index in [4.69, 9.17) is 4.74 Å². The molecule has 1 saturated carbocycles. The minimum absolute atomic E-state index is 0.129. The summed E-state index contributed by atoms with van der Waals surface area (Å²) in [5.74, 6) is -0.228. The van der Waals surface area contributed by atoms with Gasteiger partial charge in [-0.15, -0.1) is 0 Å². The summed E-state index contributed by atoms with van der Waals surface area (Å²) in [6, 6.07) is 3.31. The number of aromatic nitrogens is 3. The van der Waals surface area contributed by atoms with Gasteiger partial charge in [-0.25, -0.2) is 13.4 Å². The third kappa shape index (κ3) is 6.82. The summed E-state index contributed by atoms with van der Waals surface area (Å²) >= 11 is 0. The molecule has 38 heavy (non-hydrogen) atoms. The molecule has 1 fully saturated rings. The maximum absolute atomic E-state index is 13.0. The summed E-state index contributed by atoms with van der Waals surface area (Å²) in [7, 11) is -1.89. The van der Waals surface area contributed by atoms with Gasteiger partial charge in [-0.2, -0.15) is 18.4 Å². The highest BCUT2D eigenvalue weighted by Crippen LogP contribution is 2.32. The molecule has 2 N–H and O–H groups in total. The van der Waals surface area contributed by atoms with Crippen LogP contribution in [0, 0.1) is 11.3 Å². The Bertz CT molecular complexity index is 1330. The van der Waals surface area contributed by atoms with Crippen LogP contribution in [0.5, 0.6) is 5.75 Å². The predicted octanol–water partition coefficient (Wildman–Crippen LogP) is 2.65. The van der Waals surface area contributed by atoms with E-state index in [1.807, 2.05) is 6.07 Å². The molecule has 10 nitrogen and oxygen atoms in total. The van der Waals surface area contributed by atoms with Crippen LogP contribution in [-0.2, 0) is 22.7 Å². The number of aryl methyl sites for hydroxylation is 2. The van der Waals surface area contributed by atoms with Crippen LogP contribution in [0.4, 0.5) is 13.2 Å². The number of methoxy groups -OCH3 is 1. The van der Waals surface area contributed by atoms with Gasteiger partial charge in [0.1, 0.15) is 33.2 Å². The van der Waals surface area contributed by atoms with E-state index in [9.17, 15) is 36.8 Å². The first-order valence-corrected chi connectivity index (χ1v) is 14.0. The minimum atomic E-state index is -4.34. The summed E-state index contributed by atoms with van der Waals surface area (Å²) in [5, 5.41) is 22.8. The van der Waals surface area contributed by atoms with Crippen LogP contribution in [0.1, 0.15) is 66.7 Å². The van der Waals surface area contributed by atoms with Crippen LogP contribution >= 0.6 is 0 Å². The van der Waals surface area contributed by atoms with Gasteiger partial charge < -0.3 is 15.2 Å². The topological polar surface area (TPSA) is 147 Å². The Morgan fingerprint density at radius 3 is 2.55 bits per heavy atom. The lowest BCUT2D eigenvalue weighted by Crippen LogP contribution is -2.47. The lowest BCUT2D eigenvalue weighted by molar-refractivity contribution is -0.134. The Morgan fingerprint density at radius 1 is 1.37 bits per heavy atom. The predicted molar refractivity (Wildman–Crippen MR) is 131 cm³/mol. The van der Waals surface area contributed by atoms with E-state index in [1.54, 1.807) is 6.92 Å². The van der Waals surface area contributed by atoms with E-state index in [0.29, 0.717) is 12.2 Å². The van der Waals surface area contributed by atoms with Crippen molar-refractivity contribution in [3.63, 3.8) is 0 Å². The zero-order valence-corrected chi connectivity index (χ0v) is 22.1. The number of alkyl halides is 3. The summed E-state index contributed by atoms with van der Waals surface area (Å²) in [6.07, 6.45) is -2.08. The van der Waals surface area contributed by atoms with Crippen LogP contribution in [0.3, 0.4) is 0 Å². The number of imidazole rings is 1. The van der Waals surface area contributed by atoms with Crippen LogP contribution in [0.15, 0.2) is 12.3 Å². The maximum Gasteiger partial charge on any atom is 0.389 e. The Hall–Kier alpha value is -3.18. The molecule has 1 amide bonds. The molecule has 0 aromatic carbocycles. The van der Waals surface area contributed by atoms with Crippen LogP contribution in [0.2, 0.25) is 0 Å².